The smallest absolute Gasteiger partial charge is 0.226 e. The first-order chi connectivity index (χ1) is 14.7. The van der Waals surface area contributed by atoms with Gasteiger partial charge >= 0.3 is 0 Å². The van der Waals surface area contributed by atoms with Crippen molar-refractivity contribution < 1.29 is 4.74 Å². The number of nitrogens with one attached hydrogen (secondary N) is 1. The molecule has 1 aliphatic heterocycles. The van der Waals surface area contributed by atoms with Crippen LogP contribution >= 0.6 is 11.3 Å². The molecule has 3 heterocycles. The molecule has 3 aromatic rings. The fourth-order valence-electron chi connectivity index (χ4n) is 4.00. The van der Waals surface area contributed by atoms with Gasteiger partial charge in [-0.2, -0.15) is 4.98 Å². The number of thiophene rings is 1. The van der Waals surface area contributed by atoms with Crippen LogP contribution < -0.4 is 10.2 Å². The molecule has 0 atom stereocenters. The molecule has 0 radical (unpaired) electrons. The summed E-state index contributed by atoms with van der Waals surface area (Å²) < 4.78 is 5.38. The van der Waals surface area contributed by atoms with Crippen molar-refractivity contribution in [3.05, 3.63) is 35.7 Å². The summed E-state index contributed by atoms with van der Waals surface area (Å²) in [7, 11) is 5.95. The number of rotatable bonds is 8. The molecule has 0 unspecified atom stereocenters. The molecule has 1 N–H and O–H groups in total. The van der Waals surface area contributed by atoms with Crippen LogP contribution in [0, 0.1) is 5.92 Å². The van der Waals surface area contributed by atoms with Crippen LogP contribution in [0.1, 0.15) is 12.8 Å². The summed E-state index contributed by atoms with van der Waals surface area (Å²) in [5, 5.41) is 6.82. The van der Waals surface area contributed by atoms with E-state index < -0.39 is 0 Å². The van der Waals surface area contributed by atoms with Crippen molar-refractivity contribution >= 4 is 33.3 Å². The van der Waals surface area contributed by atoms with Gasteiger partial charge in [0.2, 0.25) is 5.95 Å². The fourth-order valence-corrected chi connectivity index (χ4v) is 4.94. The Kier molecular flexibility index (Phi) is 6.82. The number of likely N-dealkylation sites (N-methyl/N-ethyl adjacent to an activating group) is 1. The van der Waals surface area contributed by atoms with Gasteiger partial charge in [0.1, 0.15) is 10.6 Å². The first-order valence-corrected chi connectivity index (χ1v) is 11.5. The quantitative estimate of drug-likeness (QED) is 0.584. The Balaban J connectivity index is 1.69. The molecule has 1 saturated heterocycles. The van der Waals surface area contributed by atoms with Crippen LogP contribution in [0.3, 0.4) is 0 Å². The highest BCUT2D eigenvalue weighted by atomic mass is 32.1. The van der Waals surface area contributed by atoms with Crippen LogP contribution in [0.5, 0.6) is 0 Å². The van der Waals surface area contributed by atoms with E-state index in [-0.39, 0.29) is 0 Å². The topological polar surface area (TPSA) is 53.5 Å². The zero-order valence-electron chi connectivity index (χ0n) is 18.1. The average Bonchev–Trinajstić information content (AvgIpc) is 3.18. The summed E-state index contributed by atoms with van der Waals surface area (Å²) in [5.74, 6) is 2.42. The molecule has 160 valence electrons. The lowest BCUT2D eigenvalue weighted by molar-refractivity contribution is 0.139. The van der Waals surface area contributed by atoms with Gasteiger partial charge < -0.3 is 19.9 Å². The highest BCUT2D eigenvalue weighted by Gasteiger charge is 2.24. The summed E-state index contributed by atoms with van der Waals surface area (Å²) in [5.41, 5.74) is 2.45. The Morgan fingerprint density at radius 2 is 1.93 bits per heavy atom. The molecular weight excluding hydrogens is 394 g/mol. The van der Waals surface area contributed by atoms with E-state index >= 15 is 0 Å². The number of aromatic nitrogens is 2. The number of fused-ring (bicyclic) bond motifs is 1. The third kappa shape index (κ3) is 4.74. The molecule has 6 nitrogen and oxygen atoms in total. The normalized spacial score (nSPS) is 15.3. The molecule has 0 aliphatic carbocycles. The van der Waals surface area contributed by atoms with Crippen molar-refractivity contribution in [2.75, 3.05) is 64.2 Å². The van der Waals surface area contributed by atoms with Crippen molar-refractivity contribution in [3.8, 4) is 11.1 Å². The summed E-state index contributed by atoms with van der Waals surface area (Å²) in [4.78, 5) is 15.5. The molecule has 2 aromatic heterocycles. The number of ether oxygens (including phenoxy) is 1. The predicted molar refractivity (Wildman–Crippen MR) is 127 cm³/mol. The average molecular weight is 426 g/mol. The Bertz CT molecular complexity index is 951. The number of methoxy groups -OCH3 is 1. The molecule has 7 heteroatoms. The lowest BCUT2D eigenvalue weighted by Crippen LogP contribution is -2.35. The van der Waals surface area contributed by atoms with Crippen molar-refractivity contribution in [1.29, 1.82) is 0 Å². The lowest BCUT2D eigenvalue weighted by Gasteiger charge is -2.33. The molecule has 0 saturated carbocycles. The van der Waals surface area contributed by atoms with E-state index in [1.54, 1.807) is 18.4 Å². The monoisotopic (exact) mass is 425 g/mol. The first kappa shape index (κ1) is 21.0. The van der Waals surface area contributed by atoms with Gasteiger partial charge in [0, 0.05) is 50.8 Å². The second-order valence-corrected chi connectivity index (χ2v) is 9.04. The molecule has 30 heavy (non-hydrogen) atoms. The molecular formula is C23H31N5OS. The zero-order chi connectivity index (χ0) is 20.9. The standard InChI is InChI=1S/C23H31N5OS/c1-27(2)14-11-24-23-25-21(28-12-9-17(10-13-28)15-29-3)20-19(16-30-22(20)26-23)18-7-5-4-6-8-18/h4-8,16-17H,9-15H2,1-3H3,(H,24,25,26). The second kappa shape index (κ2) is 9.73. The van der Waals surface area contributed by atoms with Gasteiger partial charge in [-0.25, -0.2) is 4.98 Å². The van der Waals surface area contributed by atoms with E-state index in [1.165, 1.54) is 16.5 Å². The Labute approximate surface area is 182 Å². The van der Waals surface area contributed by atoms with Crippen LogP contribution in [0.2, 0.25) is 0 Å². The predicted octanol–water partition coefficient (Wildman–Crippen LogP) is 4.19. The largest absolute Gasteiger partial charge is 0.384 e. The Morgan fingerprint density at radius 1 is 1.17 bits per heavy atom. The number of hydrogen-bond donors (Lipinski definition) is 1. The number of hydrogen-bond acceptors (Lipinski definition) is 7. The minimum atomic E-state index is 0.636. The van der Waals surface area contributed by atoms with Crippen molar-refractivity contribution in [2.45, 2.75) is 12.8 Å². The molecule has 0 spiro atoms. The maximum absolute atomic E-state index is 5.38. The van der Waals surface area contributed by atoms with Crippen LogP contribution in [0.15, 0.2) is 35.7 Å². The number of anilines is 2. The fraction of sp³-hybridized carbons (Fsp3) is 0.478. The van der Waals surface area contributed by atoms with Gasteiger partial charge in [0.05, 0.1) is 5.39 Å². The van der Waals surface area contributed by atoms with Crippen molar-refractivity contribution in [1.82, 2.24) is 14.9 Å². The highest BCUT2D eigenvalue weighted by molar-refractivity contribution is 7.17. The van der Waals surface area contributed by atoms with E-state index in [0.717, 1.165) is 62.2 Å². The van der Waals surface area contributed by atoms with Crippen LogP contribution in [-0.4, -0.2) is 68.9 Å². The van der Waals surface area contributed by atoms with Gasteiger partial charge in [-0.3, -0.25) is 0 Å². The highest BCUT2D eigenvalue weighted by Crippen LogP contribution is 2.39. The Hall–Kier alpha value is -2.22. The van der Waals surface area contributed by atoms with Gasteiger partial charge in [0.25, 0.3) is 0 Å². The number of nitrogens with zero attached hydrogens (tertiary/aromatic N) is 4. The van der Waals surface area contributed by atoms with Gasteiger partial charge in [-0.05, 0) is 38.4 Å². The maximum atomic E-state index is 5.38. The number of benzene rings is 1. The molecule has 1 aliphatic rings. The molecule has 1 fully saturated rings. The van der Waals surface area contributed by atoms with Crippen LogP contribution in [0.25, 0.3) is 21.3 Å². The van der Waals surface area contributed by atoms with Crippen LogP contribution in [-0.2, 0) is 4.74 Å². The van der Waals surface area contributed by atoms with Gasteiger partial charge in [-0.1, -0.05) is 30.3 Å². The minimum absolute atomic E-state index is 0.636. The summed E-state index contributed by atoms with van der Waals surface area (Å²) in [6, 6.07) is 10.6. The third-order valence-electron chi connectivity index (χ3n) is 5.66. The Morgan fingerprint density at radius 3 is 2.63 bits per heavy atom. The molecule has 1 aromatic carbocycles. The van der Waals surface area contributed by atoms with Gasteiger partial charge in [0.15, 0.2) is 0 Å². The minimum Gasteiger partial charge on any atom is -0.384 e. The van der Waals surface area contributed by atoms with E-state index in [4.69, 9.17) is 14.7 Å². The van der Waals surface area contributed by atoms with E-state index in [1.807, 2.05) is 0 Å². The zero-order valence-corrected chi connectivity index (χ0v) is 18.9. The van der Waals surface area contributed by atoms with Gasteiger partial charge in [-0.15, -0.1) is 11.3 Å². The van der Waals surface area contributed by atoms with E-state index in [2.05, 4.69) is 64.9 Å². The SMILES string of the molecule is COCC1CCN(c2nc(NCCN(C)C)nc3scc(-c4ccccc4)c23)CC1. The summed E-state index contributed by atoms with van der Waals surface area (Å²) in [6.45, 7) is 4.62. The first-order valence-electron chi connectivity index (χ1n) is 10.6. The summed E-state index contributed by atoms with van der Waals surface area (Å²) >= 11 is 1.70. The van der Waals surface area contributed by atoms with Crippen LogP contribution in [0.4, 0.5) is 11.8 Å². The van der Waals surface area contributed by atoms with E-state index in [9.17, 15) is 0 Å². The van der Waals surface area contributed by atoms with Crippen molar-refractivity contribution in [3.63, 3.8) is 0 Å². The van der Waals surface area contributed by atoms with Crippen molar-refractivity contribution in [2.24, 2.45) is 5.92 Å². The number of piperidine rings is 1. The third-order valence-corrected chi connectivity index (χ3v) is 6.53. The molecule has 0 bridgehead atoms. The lowest BCUT2D eigenvalue weighted by atomic mass is 9.97. The maximum Gasteiger partial charge on any atom is 0.226 e. The molecule has 4 rings (SSSR count). The summed E-state index contributed by atoms with van der Waals surface area (Å²) in [6.07, 6.45) is 2.26. The molecule has 0 amide bonds. The van der Waals surface area contributed by atoms with E-state index in [0.29, 0.717) is 5.92 Å². The second-order valence-electron chi connectivity index (χ2n) is 8.18.